The van der Waals surface area contributed by atoms with E-state index in [1.807, 2.05) is 44.2 Å². The van der Waals surface area contributed by atoms with E-state index >= 15 is 0 Å². The van der Waals surface area contributed by atoms with Crippen LogP contribution in [-0.4, -0.2) is 0 Å². The van der Waals surface area contributed by atoms with Gasteiger partial charge in [-0.1, -0.05) is 42.5 Å². The Morgan fingerprint density at radius 1 is 0.762 bits per heavy atom. The van der Waals surface area contributed by atoms with Crippen molar-refractivity contribution >= 4 is 0 Å². The van der Waals surface area contributed by atoms with Crippen LogP contribution in [0.15, 0.2) is 54.6 Å². The number of nitrogens with one attached hydrogen (secondary N) is 1. The summed E-state index contributed by atoms with van der Waals surface area (Å²) in [5, 5.41) is 3.39. The van der Waals surface area contributed by atoms with E-state index in [0.717, 1.165) is 23.3 Å². The number of hydrogen-bond acceptors (Lipinski definition) is 1. The lowest BCUT2D eigenvalue weighted by atomic mass is 10.0. The standard InChI is InChI=1S/C17H18F3N/c1-12(14-6-4-3-5-7-14)21-13(2)15-8-10-16(11-9-15)17(18,19)20/h3-13,21H,1-2H3/t12-,13+/m1/s1. The highest BCUT2D eigenvalue weighted by Crippen LogP contribution is 2.30. The van der Waals surface area contributed by atoms with Crippen molar-refractivity contribution < 1.29 is 13.2 Å². The Labute approximate surface area is 122 Å². The fourth-order valence-corrected chi connectivity index (χ4v) is 2.27. The lowest BCUT2D eigenvalue weighted by Gasteiger charge is -2.21. The summed E-state index contributed by atoms with van der Waals surface area (Å²) in [5.41, 5.74) is 1.37. The molecular weight excluding hydrogens is 275 g/mol. The molecule has 0 saturated carbocycles. The van der Waals surface area contributed by atoms with Crippen molar-refractivity contribution in [1.82, 2.24) is 5.32 Å². The fourth-order valence-electron chi connectivity index (χ4n) is 2.27. The monoisotopic (exact) mass is 293 g/mol. The molecule has 0 saturated heterocycles. The molecule has 4 heteroatoms. The van der Waals surface area contributed by atoms with Crippen LogP contribution in [0.5, 0.6) is 0 Å². The molecule has 1 nitrogen and oxygen atoms in total. The van der Waals surface area contributed by atoms with Crippen LogP contribution in [0.1, 0.15) is 42.6 Å². The van der Waals surface area contributed by atoms with Gasteiger partial charge in [0.05, 0.1) is 5.56 Å². The van der Waals surface area contributed by atoms with E-state index in [1.165, 1.54) is 12.1 Å². The third-order valence-electron chi connectivity index (χ3n) is 3.54. The fraction of sp³-hybridized carbons (Fsp3) is 0.294. The first-order valence-corrected chi connectivity index (χ1v) is 6.86. The largest absolute Gasteiger partial charge is 0.416 e. The molecule has 2 atom stereocenters. The molecular formula is C17H18F3N. The second-order valence-corrected chi connectivity index (χ2v) is 5.14. The third-order valence-corrected chi connectivity index (χ3v) is 3.54. The molecule has 0 aliphatic carbocycles. The number of halogens is 3. The predicted molar refractivity (Wildman–Crippen MR) is 77.9 cm³/mol. The molecule has 2 aromatic carbocycles. The van der Waals surface area contributed by atoms with Crippen LogP contribution in [0.2, 0.25) is 0 Å². The average Bonchev–Trinajstić information content (AvgIpc) is 2.47. The molecule has 112 valence electrons. The van der Waals surface area contributed by atoms with Crippen LogP contribution in [-0.2, 0) is 6.18 Å². The van der Waals surface area contributed by atoms with Crippen LogP contribution in [0.3, 0.4) is 0 Å². The van der Waals surface area contributed by atoms with Gasteiger partial charge in [-0.3, -0.25) is 0 Å². The van der Waals surface area contributed by atoms with Crippen LogP contribution < -0.4 is 5.32 Å². The zero-order valence-electron chi connectivity index (χ0n) is 12.0. The lowest BCUT2D eigenvalue weighted by molar-refractivity contribution is -0.137. The zero-order valence-corrected chi connectivity index (χ0v) is 12.0. The topological polar surface area (TPSA) is 12.0 Å². The van der Waals surface area contributed by atoms with E-state index < -0.39 is 11.7 Å². The Morgan fingerprint density at radius 3 is 1.71 bits per heavy atom. The van der Waals surface area contributed by atoms with Gasteiger partial charge in [0, 0.05) is 12.1 Å². The van der Waals surface area contributed by atoms with Crippen molar-refractivity contribution in [3.63, 3.8) is 0 Å². The molecule has 2 aromatic rings. The van der Waals surface area contributed by atoms with Gasteiger partial charge in [0.25, 0.3) is 0 Å². The molecule has 0 amide bonds. The summed E-state index contributed by atoms with van der Waals surface area (Å²) in [6, 6.07) is 15.3. The van der Waals surface area contributed by atoms with Gasteiger partial charge in [-0.15, -0.1) is 0 Å². The lowest BCUT2D eigenvalue weighted by Crippen LogP contribution is -2.22. The van der Waals surface area contributed by atoms with Gasteiger partial charge >= 0.3 is 6.18 Å². The molecule has 2 rings (SSSR count). The van der Waals surface area contributed by atoms with Gasteiger partial charge in [-0.2, -0.15) is 13.2 Å². The van der Waals surface area contributed by atoms with Gasteiger partial charge in [0.15, 0.2) is 0 Å². The number of alkyl halides is 3. The smallest absolute Gasteiger partial charge is 0.304 e. The molecule has 0 radical (unpaired) electrons. The predicted octanol–water partition coefficient (Wildman–Crippen LogP) is 5.12. The Kier molecular flexibility index (Phi) is 4.68. The Balaban J connectivity index is 2.05. The molecule has 1 N–H and O–H groups in total. The van der Waals surface area contributed by atoms with Gasteiger partial charge < -0.3 is 5.32 Å². The minimum absolute atomic E-state index is 0.0255. The summed E-state index contributed by atoms with van der Waals surface area (Å²) >= 11 is 0. The molecule has 0 heterocycles. The summed E-state index contributed by atoms with van der Waals surface area (Å²) in [6.07, 6.45) is -4.29. The first-order chi connectivity index (χ1) is 9.88. The van der Waals surface area contributed by atoms with E-state index in [0.29, 0.717) is 0 Å². The molecule has 0 aliphatic heterocycles. The van der Waals surface area contributed by atoms with Gasteiger partial charge in [-0.25, -0.2) is 0 Å². The number of hydrogen-bond donors (Lipinski definition) is 1. The normalized spacial score (nSPS) is 14.7. The maximum atomic E-state index is 12.5. The first-order valence-electron chi connectivity index (χ1n) is 6.86. The van der Waals surface area contributed by atoms with Crippen LogP contribution in [0.4, 0.5) is 13.2 Å². The number of benzene rings is 2. The first kappa shape index (κ1) is 15.6. The van der Waals surface area contributed by atoms with Crippen molar-refractivity contribution in [3.8, 4) is 0 Å². The minimum Gasteiger partial charge on any atom is -0.304 e. The Bertz CT molecular complexity index is 561. The highest BCUT2D eigenvalue weighted by Gasteiger charge is 2.30. The summed E-state index contributed by atoms with van der Waals surface area (Å²) in [7, 11) is 0. The zero-order chi connectivity index (χ0) is 15.5. The van der Waals surface area contributed by atoms with Crippen molar-refractivity contribution in [2.45, 2.75) is 32.1 Å². The van der Waals surface area contributed by atoms with Crippen molar-refractivity contribution in [3.05, 3.63) is 71.3 Å². The Morgan fingerprint density at radius 2 is 1.24 bits per heavy atom. The van der Waals surface area contributed by atoms with Crippen LogP contribution in [0.25, 0.3) is 0 Å². The van der Waals surface area contributed by atoms with Gasteiger partial charge in [0.2, 0.25) is 0 Å². The maximum Gasteiger partial charge on any atom is 0.416 e. The van der Waals surface area contributed by atoms with E-state index in [-0.39, 0.29) is 12.1 Å². The maximum absolute atomic E-state index is 12.5. The van der Waals surface area contributed by atoms with E-state index in [9.17, 15) is 13.2 Å². The van der Waals surface area contributed by atoms with Crippen LogP contribution >= 0.6 is 0 Å². The summed E-state index contributed by atoms with van der Waals surface area (Å²) in [5.74, 6) is 0. The highest BCUT2D eigenvalue weighted by molar-refractivity contribution is 5.27. The molecule has 0 unspecified atom stereocenters. The number of rotatable bonds is 4. The third kappa shape index (κ3) is 4.08. The minimum atomic E-state index is -4.29. The van der Waals surface area contributed by atoms with Crippen LogP contribution in [0, 0.1) is 0 Å². The summed E-state index contributed by atoms with van der Waals surface area (Å²) in [6.45, 7) is 3.98. The molecule has 0 fully saturated rings. The molecule has 0 spiro atoms. The molecule has 0 bridgehead atoms. The van der Waals surface area contributed by atoms with Crippen molar-refractivity contribution in [2.75, 3.05) is 0 Å². The highest BCUT2D eigenvalue weighted by atomic mass is 19.4. The summed E-state index contributed by atoms with van der Waals surface area (Å²) < 4.78 is 37.6. The quantitative estimate of drug-likeness (QED) is 0.825. The molecule has 0 aliphatic rings. The Hall–Kier alpha value is -1.81. The van der Waals surface area contributed by atoms with E-state index in [4.69, 9.17) is 0 Å². The molecule has 21 heavy (non-hydrogen) atoms. The van der Waals surface area contributed by atoms with Gasteiger partial charge in [-0.05, 0) is 37.1 Å². The second-order valence-electron chi connectivity index (χ2n) is 5.14. The molecule has 0 aromatic heterocycles. The van der Waals surface area contributed by atoms with Gasteiger partial charge in [0.1, 0.15) is 0 Å². The SMILES string of the molecule is C[C@H](N[C@H](C)c1ccccc1)c1ccc(C(F)(F)F)cc1. The summed E-state index contributed by atoms with van der Waals surface area (Å²) in [4.78, 5) is 0. The van der Waals surface area contributed by atoms with Crippen molar-refractivity contribution in [1.29, 1.82) is 0 Å². The van der Waals surface area contributed by atoms with Crippen molar-refractivity contribution in [2.24, 2.45) is 0 Å². The van der Waals surface area contributed by atoms with E-state index in [2.05, 4.69) is 5.32 Å². The second kappa shape index (κ2) is 6.31. The van der Waals surface area contributed by atoms with E-state index in [1.54, 1.807) is 0 Å². The average molecular weight is 293 g/mol.